The van der Waals surface area contributed by atoms with E-state index < -0.39 is 33.6 Å². The van der Waals surface area contributed by atoms with Crippen LogP contribution in [0, 0.1) is 23.6 Å². The van der Waals surface area contributed by atoms with E-state index in [1.165, 1.54) is 12.1 Å². The summed E-state index contributed by atoms with van der Waals surface area (Å²) >= 11 is 0. The van der Waals surface area contributed by atoms with Crippen LogP contribution in [0.2, 0.25) is 0 Å². The second-order valence-electron chi connectivity index (χ2n) is 9.70. The van der Waals surface area contributed by atoms with Gasteiger partial charge in [0.15, 0.2) is 9.84 Å². The summed E-state index contributed by atoms with van der Waals surface area (Å²) < 4.78 is 38.2. The molecule has 2 aromatic carbocycles. The minimum atomic E-state index is -3.71. The zero-order valence-corrected chi connectivity index (χ0v) is 21.0. The lowest BCUT2D eigenvalue weighted by molar-refractivity contribution is -0.118. The first kappa shape index (κ1) is 26.0. The third kappa shape index (κ3) is 6.56. The molecule has 0 saturated heterocycles. The van der Waals surface area contributed by atoms with Gasteiger partial charge in [-0.2, -0.15) is 0 Å². The Labute approximate surface area is 211 Å². The number of anilines is 1. The van der Waals surface area contributed by atoms with Crippen molar-refractivity contribution in [1.82, 2.24) is 4.98 Å². The Morgan fingerprint density at radius 2 is 1.83 bits per heavy atom. The molecule has 1 aromatic heterocycles. The standard InChI is InChI=1S/C28H31FN2O4S/c1-19(18-36(34,35)26-12-8-24(29)9-13-26)28(33)31-25-10-5-20(6-11-25)15-21-4-7-22(16-21)27(32)23-3-2-14-30-17-23/h2-3,5-6,8-14,17,19,21-22,27,32H,4,7,15-16,18H2,1H3,(H,31,33)/t19-,21+,22+,27+/m1/s1. The third-order valence-corrected chi connectivity index (χ3v) is 8.82. The number of halogens is 1. The van der Waals surface area contributed by atoms with E-state index in [2.05, 4.69) is 10.3 Å². The van der Waals surface area contributed by atoms with Crippen molar-refractivity contribution in [1.29, 1.82) is 0 Å². The molecule has 1 amide bonds. The van der Waals surface area contributed by atoms with Crippen LogP contribution in [0.5, 0.6) is 0 Å². The van der Waals surface area contributed by atoms with Crippen molar-refractivity contribution in [2.45, 2.75) is 43.6 Å². The summed E-state index contributed by atoms with van der Waals surface area (Å²) in [6, 6.07) is 16.0. The highest BCUT2D eigenvalue weighted by molar-refractivity contribution is 7.91. The summed E-state index contributed by atoms with van der Waals surface area (Å²) in [6.07, 6.45) is 6.83. The normalized spacial score (nSPS) is 19.5. The quantitative estimate of drug-likeness (QED) is 0.397. The minimum absolute atomic E-state index is 0.00462. The molecule has 1 heterocycles. The second-order valence-corrected chi connectivity index (χ2v) is 11.7. The maximum atomic E-state index is 13.1. The van der Waals surface area contributed by atoms with Gasteiger partial charge in [-0.15, -0.1) is 0 Å². The number of hydrogen-bond donors (Lipinski definition) is 2. The van der Waals surface area contributed by atoms with Crippen molar-refractivity contribution < 1.29 is 22.7 Å². The lowest BCUT2D eigenvalue weighted by Crippen LogP contribution is -2.27. The summed E-state index contributed by atoms with van der Waals surface area (Å²) in [7, 11) is -3.71. The Morgan fingerprint density at radius 1 is 1.11 bits per heavy atom. The number of nitrogens with one attached hydrogen (secondary N) is 1. The molecule has 1 aliphatic rings. The molecule has 0 radical (unpaired) electrons. The van der Waals surface area contributed by atoms with E-state index in [1.807, 2.05) is 36.4 Å². The minimum Gasteiger partial charge on any atom is -0.388 e. The molecule has 0 spiro atoms. The molecule has 1 aliphatic carbocycles. The maximum Gasteiger partial charge on any atom is 0.228 e. The van der Waals surface area contributed by atoms with Gasteiger partial charge in [-0.1, -0.05) is 25.1 Å². The second kappa shape index (κ2) is 11.3. The molecule has 2 N–H and O–H groups in total. The molecule has 36 heavy (non-hydrogen) atoms. The number of sulfone groups is 1. The monoisotopic (exact) mass is 510 g/mol. The molecule has 190 valence electrons. The van der Waals surface area contributed by atoms with Gasteiger partial charge in [0.1, 0.15) is 5.82 Å². The molecule has 0 unspecified atom stereocenters. The van der Waals surface area contributed by atoms with Gasteiger partial charge in [-0.05, 0) is 91.1 Å². The highest BCUT2D eigenvalue weighted by Gasteiger charge is 2.31. The number of amides is 1. The molecular formula is C28H31FN2O4S. The lowest BCUT2D eigenvalue weighted by atomic mass is 9.92. The lowest BCUT2D eigenvalue weighted by Gasteiger charge is -2.18. The zero-order chi connectivity index (χ0) is 25.7. The van der Waals surface area contributed by atoms with E-state index in [0.717, 1.165) is 48.9 Å². The van der Waals surface area contributed by atoms with Gasteiger partial charge in [0.2, 0.25) is 5.91 Å². The fraction of sp³-hybridized carbons (Fsp3) is 0.357. The Kier molecular flexibility index (Phi) is 8.16. The Balaban J connectivity index is 1.28. The van der Waals surface area contributed by atoms with Crippen LogP contribution in [0.25, 0.3) is 0 Å². The topological polar surface area (TPSA) is 96.4 Å². The van der Waals surface area contributed by atoms with E-state index in [-0.39, 0.29) is 16.6 Å². The Morgan fingerprint density at radius 3 is 2.50 bits per heavy atom. The molecule has 1 fully saturated rings. The van der Waals surface area contributed by atoms with Crippen LogP contribution in [-0.2, 0) is 21.1 Å². The van der Waals surface area contributed by atoms with Crippen molar-refractivity contribution in [2.24, 2.45) is 17.8 Å². The van der Waals surface area contributed by atoms with Crippen LogP contribution in [-0.4, -0.2) is 30.2 Å². The highest BCUT2D eigenvalue weighted by atomic mass is 32.2. The number of benzene rings is 2. The molecule has 0 bridgehead atoms. The summed E-state index contributed by atoms with van der Waals surface area (Å²) in [6.45, 7) is 1.56. The van der Waals surface area contributed by atoms with E-state index in [0.29, 0.717) is 11.6 Å². The number of carbonyl (C=O) groups excluding carboxylic acids is 1. The molecular weight excluding hydrogens is 479 g/mol. The van der Waals surface area contributed by atoms with Gasteiger partial charge in [-0.25, -0.2) is 12.8 Å². The fourth-order valence-corrected chi connectivity index (χ4v) is 6.43. The highest BCUT2D eigenvalue weighted by Crippen LogP contribution is 2.40. The first-order valence-corrected chi connectivity index (χ1v) is 13.8. The van der Waals surface area contributed by atoms with Gasteiger partial charge >= 0.3 is 0 Å². The van der Waals surface area contributed by atoms with E-state index >= 15 is 0 Å². The number of pyridine rings is 1. The first-order valence-electron chi connectivity index (χ1n) is 12.2. The Hall–Kier alpha value is -3.10. The largest absolute Gasteiger partial charge is 0.388 e. The number of hydrogen-bond acceptors (Lipinski definition) is 5. The van der Waals surface area contributed by atoms with Crippen molar-refractivity contribution in [3.8, 4) is 0 Å². The summed E-state index contributed by atoms with van der Waals surface area (Å²) in [5.41, 5.74) is 2.62. The zero-order valence-electron chi connectivity index (χ0n) is 20.2. The number of aliphatic hydroxyl groups excluding tert-OH is 1. The predicted octanol–water partition coefficient (Wildman–Crippen LogP) is 4.96. The van der Waals surface area contributed by atoms with Gasteiger partial charge < -0.3 is 10.4 Å². The SMILES string of the molecule is C[C@H](CS(=O)(=O)c1ccc(F)cc1)C(=O)Nc1ccc(C[C@@H]2CC[C@H]([C@H](O)c3cccnc3)C2)cc1. The van der Waals surface area contributed by atoms with Gasteiger partial charge in [0, 0.05) is 24.0 Å². The number of nitrogens with zero attached hydrogens (tertiary/aromatic N) is 1. The predicted molar refractivity (Wildman–Crippen MR) is 136 cm³/mol. The first-order chi connectivity index (χ1) is 17.2. The maximum absolute atomic E-state index is 13.1. The van der Waals surface area contributed by atoms with Crippen LogP contribution < -0.4 is 5.32 Å². The number of rotatable bonds is 9. The Bertz CT molecular complexity index is 1270. The smallest absolute Gasteiger partial charge is 0.228 e. The van der Waals surface area contributed by atoms with Crippen molar-refractivity contribution >= 4 is 21.4 Å². The van der Waals surface area contributed by atoms with E-state index in [9.17, 15) is 22.7 Å². The van der Waals surface area contributed by atoms with Gasteiger partial charge in [0.25, 0.3) is 0 Å². The molecule has 4 rings (SSSR count). The molecule has 8 heteroatoms. The fourth-order valence-electron chi connectivity index (χ4n) is 4.87. The van der Waals surface area contributed by atoms with Gasteiger partial charge in [0.05, 0.1) is 16.8 Å². The molecule has 6 nitrogen and oxygen atoms in total. The van der Waals surface area contributed by atoms with Crippen LogP contribution in [0.15, 0.2) is 78.0 Å². The summed E-state index contributed by atoms with van der Waals surface area (Å²) in [5.74, 6) is -1.34. The molecule has 4 atom stereocenters. The number of carbonyl (C=O) groups is 1. The van der Waals surface area contributed by atoms with Crippen molar-refractivity contribution in [3.63, 3.8) is 0 Å². The summed E-state index contributed by atoms with van der Waals surface area (Å²) in [5, 5.41) is 13.5. The van der Waals surface area contributed by atoms with Crippen LogP contribution >= 0.6 is 0 Å². The van der Waals surface area contributed by atoms with Crippen LogP contribution in [0.3, 0.4) is 0 Å². The van der Waals surface area contributed by atoms with Gasteiger partial charge in [-0.3, -0.25) is 9.78 Å². The summed E-state index contributed by atoms with van der Waals surface area (Å²) in [4.78, 5) is 16.7. The molecule has 1 saturated carbocycles. The van der Waals surface area contributed by atoms with Crippen molar-refractivity contribution in [2.75, 3.05) is 11.1 Å². The average molecular weight is 511 g/mol. The molecule has 3 aromatic rings. The van der Waals surface area contributed by atoms with Crippen LogP contribution in [0.4, 0.5) is 10.1 Å². The third-order valence-electron chi connectivity index (χ3n) is 6.89. The van der Waals surface area contributed by atoms with Crippen LogP contribution in [0.1, 0.15) is 43.4 Å². The number of aliphatic hydroxyl groups is 1. The number of aromatic nitrogens is 1. The van der Waals surface area contributed by atoms with E-state index in [1.54, 1.807) is 19.3 Å². The average Bonchev–Trinajstić information content (AvgIpc) is 3.33. The van der Waals surface area contributed by atoms with E-state index in [4.69, 9.17) is 0 Å². The van der Waals surface area contributed by atoms with Crippen molar-refractivity contribution in [3.05, 3.63) is 90.0 Å². The molecule has 0 aliphatic heterocycles.